The Morgan fingerprint density at radius 3 is 2.84 bits per heavy atom. The molecule has 0 aromatic heterocycles. The third-order valence-electron chi connectivity index (χ3n) is 2.77. The Bertz CT molecular complexity index is 423. The number of benzene rings is 1. The summed E-state index contributed by atoms with van der Waals surface area (Å²) in [5.74, 6) is -0.308. The van der Waals surface area contributed by atoms with Crippen molar-refractivity contribution in [3.05, 3.63) is 35.1 Å². The third-order valence-corrected chi connectivity index (χ3v) is 2.77. The van der Waals surface area contributed by atoms with Crippen LogP contribution in [0.2, 0.25) is 0 Å². The zero-order valence-corrected chi connectivity index (χ0v) is 11.6. The van der Waals surface area contributed by atoms with E-state index in [1.807, 2.05) is 6.92 Å². The van der Waals surface area contributed by atoms with Gasteiger partial charge in [0.15, 0.2) is 0 Å². The molecular formula is C14H22FN3O. The number of nitrogens with zero attached hydrogens (tertiary/aromatic N) is 1. The summed E-state index contributed by atoms with van der Waals surface area (Å²) in [6.45, 7) is 3.70. The van der Waals surface area contributed by atoms with Crippen molar-refractivity contribution in [3.8, 4) is 0 Å². The second kappa shape index (κ2) is 7.86. The Morgan fingerprint density at radius 2 is 2.21 bits per heavy atom. The fourth-order valence-corrected chi connectivity index (χ4v) is 1.79. The number of halogens is 1. The summed E-state index contributed by atoms with van der Waals surface area (Å²) >= 11 is 0. The summed E-state index contributed by atoms with van der Waals surface area (Å²) < 4.78 is 13.6. The van der Waals surface area contributed by atoms with Gasteiger partial charge in [-0.3, -0.25) is 9.69 Å². The average molecular weight is 267 g/mol. The standard InChI is InChI=1S/C14H22FN3O/c1-3-6-17-14(19)10-18(2)9-12-7-11(8-16)4-5-13(12)15/h4-5,7H,3,6,8-10,16H2,1-2H3,(H,17,19). The fourth-order valence-electron chi connectivity index (χ4n) is 1.79. The van der Waals surface area contributed by atoms with Gasteiger partial charge in [0.2, 0.25) is 5.91 Å². The Balaban J connectivity index is 2.56. The van der Waals surface area contributed by atoms with Gasteiger partial charge >= 0.3 is 0 Å². The van der Waals surface area contributed by atoms with Gasteiger partial charge in [0.25, 0.3) is 0 Å². The molecule has 0 atom stereocenters. The van der Waals surface area contributed by atoms with E-state index in [0.717, 1.165) is 12.0 Å². The maximum atomic E-state index is 13.6. The molecule has 19 heavy (non-hydrogen) atoms. The van der Waals surface area contributed by atoms with E-state index in [4.69, 9.17) is 5.73 Å². The van der Waals surface area contributed by atoms with Crippen LogP contribution in [0.15, 0.2) is 18.2 Å². The smallest absolute Gasteiger partial charge is 0.234 e. The summed E-state index contributed by atoms with van der Waals surface area (Å²) in [5, 5.41) is 2.79. The van der Waals surface area contributed by atoms with E-state index in [1.165, 1.54) is 6.07 Å². The second-order valence-electron chi connectivity index (χ2n) is 4.65. The van der Waals surface area contributed by atoms with Crippen molar-refractivity contribution < 1.29 is 9.18 Å². The van der Waals surface area contributed by atoms with Gasteiger partial charge in [0, 0.05) is 25.2 Å². The lowest BCUT2D eigenvalue weighted by Crippen LogP contribution is -2.35. The highest BCUT2D eigenvalue weighted by molar-refractivity contribution is 5.77. The maximum absolute atomic E-state index is 13.6. The van der Waals surface area contributed by atoms with Crippen LogP contribution in [0.4, 0.5) is 4.39 Å². The highest BCUT2D eigenvalue weighted by atomic mass is 19.1. The lowest BCUT2D eigenvalue weighted by atomic mass is 10.1. The Labute approximate surface area is 113 Å². The molecule has 0 heterocycles. The minimum atomic E-state index is -0.266. The van der Waals surface area contributed by atoms with E-state index >= 15 is 0 Å². The first-order valence-electron chi connectivity index (χ1n) is 6.49. The molecule has 0 unspecified atom stereocenters. The summed E-state index contributed by atoms with van der Waals surface area (Å²) in [6, 6.07) is 4.84. The van der Waals surface area contributed by atoms with Crippen LogP contribution in [0.3, 0.4) is 0 Å². The monoisotopic (exact) mass is 267 g/mol. The predicted molar refractivity (Wildman–Crippen MR) is 73.9 cm³/mol. The Morgan fingerprint density at radius 1 is 1.47 bits per heavy atom. The first kappa shape index (κ1) is 15.6. The number of hydrogen-bond acceptors (Lipinski definition) is 3. The quantitative estimate of drug-likeness (QED) is 0.781. The van der Waals surface area contributed by atoms with Crippen LogP contribution in [-0.4, -0.2) is 30.9 Å². The topological polar surface area (TPSA) is 58.4 Å². The number of nitrogens with one attached hydrogen (secondary N) is 1. The normalized spacial score (nSPS) is 10.8. The lowest BCUT2D eigenvalue weighted by molar-refractivity contribution is -0.122. The summed E-state index contributed by atoms with van der Waals surface area (Å²) in [4.78, 5) is 13.3. The van der Waals surface area contributed by atoms with E-state index in [1.54, 1.807) is 24.1 Å². The predicted octanol–water partition coefficient (Wildman–Crippen LogP) is 1.24. The van der Waals surface area contributed by atoms with Gasteiger partial charge in [0.1, 0.15) is 5.82 Å². The Kier molecular flexibility index (Phi) is 6.45. The van der Waals surface area contributed by atoms with Crippen LogP contribution >= 0.6 is 0 Å². The van der Waals surface area contributed by atoms with Crippen molar-refractivity contribution in [2.24, 2.45) is 5.73 Å². The van der Waals surface area contributed by atoms with Crippen LogP contribution in [0.5, 0.6) is 0 Å². The van der Waals surface area contributed by atoms with Crippen LogP contribution in [0.25, 0.3) is 0 Å². The zero-order chi connectivity index (χ0) is 14.3. The van der Waals surface area contributed by atoms with Gasteiger partial charge < -0.3 is 11.1 Å². The number of hydrogen-bond donors (Lipinski definition) is 2. The second-order valence-corrected chi connectivity index (χ2v) is 4.65. The molecule has 1 aromatic carbocycles. The van der Waals surface area contributed by atoms with E-state index in [9.17, 15) is 9.18 Å². The molecule has 0 saturated heterocycles. The third kappa shape index (κ3) is 5.36. The largest absolute Gasteiger partial charge is 0.355 e. The summed E-state index contributed by atoms with van der Waals surface area (Å²) in [7, 11) is 1.79. The van der Waals surface area contributed by atoms with E-state index in [-0.39, 0.29) is 18.3 Å². The van der Waals surface area contributed by atoms with E-state index < -0.39 is 0 Å². The van der Waals surface area contributed by atoms with E-state index in [2.05, 4.69) is 5.32 Å². The van der Waals surface area contributed by atoms with Crippen LogP contribution in [-0.2, 0) is 17.9 Å². The molecule has 4 nitrogen and oxygen atoms in total. The molecule has 5 heteroatoms. The molecule has 106 valence electrons. The molecule has 0 spiro atoms. The SMILES string of the molecule is CCCNC(=O)CN(C)Cc1cc(CN)ccc1F. The first-order chi connectivity index (χ1) is 9.06. The fraction of sp³-hybridized carbons (Fsp3) is 0.500. The van der Waals surface area contributed by atoms with Crippen LogP contribution in [0.1, 0.15) is 24.5 Å². The summed E-state index contributed by atoms with van der Waals surface area (Å²) in [5.41, 5.74) is 6.99. The molecule has 0 radical (unpaired) electrons. The highest BCUT2D eigenvalue weighted by Gasteiger charge is 2.09. The molecule has 0 aliphatic heterocycles. The number of likely N-dealkylation sites (N-methyl/N-ethyl adjacent to an activating group) is 1. The van der Waals surface area contributed by atoms with Gasteiger partial charge in [-0.25, -0.2) is 4.39 Å². The van der Waals surface area contributed by atoms with Crippen molar-refractivity contribution in [1.82, 2.24) is 10.2 Å². The number of carbonyl (C=O) groups is 1. The summed E-state index contributed by atoms with van der Waals surface area (Å²) in [6.07, 6.45) is 0.905. The van der Waals surface area contributed by atoms with Crippen molar-refractivity contribution in [2.45, 2.75) is 26.4 Å². The van der Waals surface area contributed by atoms with Gasteiger partial charge in [-0.15, -0.1) is 0 Å². The average Bonchev–Trinajstić information content (AvgIpc) is 2.38. The molecule has 0 fully saturated rings. The van der Waals surface area contributed by atoms with Crippen LogP contribution in [0, 0.1) is 5.82 Å². The minimum absolute atomic E-state index is 0.0419. The molecule has 1 rings (SSSR count). The molecule has 0 saturated carbocycles. The number of nitrogens with two attached hydrogens (primary N) is 1. The maximum Gasteiger partial charge on any atom is 0.234 e. The first-order valence-corrected chi connectivity index (χ1v) is 6.49. The number of carbonyl (C=O) groups excluding carboxylic acids is 1. The highest BCUT2D eigenvalue weighted by Crippen LogP contribution is 2.12. The van der Waals surface area contributed by atoms with Gasteiger partial charge in [-0.2, -0.15) is 0 Å². The van der Waals surface area contributed by atoms with Gasteiger partial charge in [-0.1, -0.05) is 19.1 Å². The molecule has 0 aliphatic carbocycles. The van der Waals surface area contributed by atoms with Crippen LogP contribution < -0.4 is 11.1 Å². The number of amides is 1. The molecule has 0 aliphatic rings. The molecule has 0 bridgehead atoms. The molecule has 1 aromatic rings. The van der Waals surface area contributed by atoms with Crippen molar-refractivity contribution in [3.63, 3.8) is 0 Å². The van der Waals surface area contributed by atoms with Crippen molar-refractivity contribution in [2.75, 3.05) is 20.1 Å². The molecular weight excluding hydrogens is 245 g/mol. The van der Waals surface area contributed by atoms with Gasteiger partial charge in [0.05, 0.1) is 6.54 Å². The minimum Gasteiger partial charge on any atom is -0.355 e. The zero-order valence-electron chi connectivity index (χ0n) is 11.6. The van der Waals surface area contributed by atoms with Crippen molar-refractivity contribution >= 4 is 5.91 Å². The molecule has 1 amide bonds. The van der Waals surface area contributed by atoms with Crippen molar-refractivity contribution in [1.29, 1.82) is 0 Å². The number of rotatable bonds is 7. The Hall–Kier alpha value is -1.46. The molecule has 3 N–H and O–H groups in total. The van der Waals surface area contributed by atoms with E-state index in [0.29, 0.717) is 25.2 Å². The van der Waals surface area contributed by atoms with Gasteiger partial charge in [-0.05, 0) is 25.1 Å². The lowest BCUT2D eigenvalue weighted by Gasteiger charge is -2.17.